The Kier molecular flexibility index (Phi) is 7.14. The summed E-state index contributed by atoms with van der Waals surface area (Å²) in [6, 6.07) is 65.9. The van der Waals surface area contributed by atoms with E-state index in [9.17, 15) is 0 Å². The van der Waals surface area contributed by atoms with E-state index in [4.69, 9.17) is 19.4 Å². The van der Waals surface area contributed by atoms with Crippen LogP contribution < -0.4 is 0 Å². The maximum absolute atomic E-state index is 6.11. The molecule has 7 heteroatoms. The standard InChI is InChI=1S/C53H31N5OS/c1-3-13-33(14-4-1)50-54-51(34-27-25-32(26-28-34)35-29-30-45-41(31-35)37-17-8-10-23-44(37)59-45)56-52(55-50)40-20-11-22-43-49(40)60-46-24-12-19-39-47-38-18-7-9-21-42(38)57(36-15-5-2-6-16-36)53(47)58(43)48(39)46/h1-31H. The average Bonchev–Trinajstić information content (AvgIpc) is 3.98. The number of fused-ring (bicyclic) bond motifs is 10. The number of benzene rings is 8. The third-order valence-electron chi connectivity index (χ3n) is 11.8. The van der Waals surface area contributed by atoms with Crippen LogP contribution in [0.3, 0.4) is 0 Å². The molecule has 0 spiro atoms. The van der Waals surface area contributed by atoms with Crippen LogP contribution in [0.5, 0.6) is 0 Å². The van der Waals surface area contributed by atoms with E-state index in [0.717, 1.165) is 71.7 Å². The van der Waals surface area contributed by atoms with E-state index in [1.807, 2.05) is 30.3 Å². The largest absolute Gasteiger partial charge is 0.456 e. The topological polar surface area (TPSA) is 61.7 Å². The van der Waals surface area contributed by atoms with Gasteiger partial charge in [0.25, 0.3) is 0 Å². The highest BCUT2D eigenvalue weighted by Crippen LogP contribution is 2.51. The Balaban J connectivity index is 0.991. The Bertz CT molecular complexity index is 3680. The summed E-state index contributed by atoms with van der Waals surface area (Å²) in [4.78, 5) is 17.9. The minimum absolute atomic E-state index is 0.621. The van der Waals surface area contributed by atoms with Gasteiger partial charge in [-0.3, -0.25) is 9.13 Å². The number of hydrogen-bond acceptors (Lipinski definition) is 5. The molecule has 12 aromatic rings. The summed E-state index contributed by atoms with van der Waals surface area (Å²) in [7, 11) is 0. The highest BCUT2D eigenvalue weighted by Gasteiger charge is 2.30. The monoisotopic (exact) mass is 785 g/mol. The summed E-state index contributed by atoms with van der Waals surface area (Å²) in [6.45, 7) is 0. The van der Waals surface area contributed by atoms with Crippen LogP contribution in [-0.2, 0) is 0 Å². The van der Waals surface area contributed by atoms with Crippen molar-refractivity contribution in [2.75, 3.05) is 0 Å². The van der Waals surface area contributed by atoms with E-state index >= 15 is 0 Å². The van der Waals surface area contributed by atoms with Crippen molar-refractivity contribution < 1.29 is 4.42 Å². The molecule has 280 valence electrons. The van der Waals surface area contributed by atoms with E-state index in [1.54, 1.807) is 11.8 Å². The van der Waals surface area contributed by atoms with E-state index in [0.29, 0.717) is 17.5 Å². The van der Waals surface area contributed by atoms with Crippen molar-refractivity contribution >= 4 is 66.5 Å². The number of para-hydroxylation sites is 4. The van der Waals surface area contributed by atoms with Gasteiger partial charge in [-0.05, 0) is 65.7 Å². The Labute approximate surface area is 348 Å². The van der Waals surface area contributed by atoms with Crippen LogP contribution in [0.1, 0.15) is 0 Å². The van der Waals surface area contributed by atoms with Gasteiger partial charge in [-0.2, -0.15) is 0 Å². The van der Waals surface area contributed by atoms with Gasteiger partial charge in [-0.25, -0.2) is 15.0 Å². The van der Waals surface area contributed by atoms with Crippen molar-refractivity contribution in [2.45, 2.75) is 9.79 Å². The molecule has 0 fully saturated rings. The summed E-state index contributed by atoms with van der Waals surface area (Å²) >= 11 is 1.79. The van der Waals surface area contributed by atoms with Gasteiger partial charge in [0.2, 0.25) is 0 Å². The second kappa shape index (κ2) is 12.9. The molecule has 0 amide bonds. The summed E-state index contributed by atoms with van der Waals surface area (Å²) in [5.74, 6) is 1.88. The quantitative estimate of drug-likeness (QED) is 0.174. The lowest BCUT2D eigenvalue weighted by atomic mass is 10.0. The van der Waals surface area contributed by atoms with Gasteiger partial charge in [-0.1, -0.05) is 145 Å². The molecule has 0 aliphatic carbocycles. The van der Waals surface area contributed by atoms with Crippen LogP contribution in [0.15, 0.2) is 202 Å². The van der Waals surface area contributed by atoms with Gasteiger partial charge in [0.1, 0.15) is 16.8 Å². The van der Waals surface area contributed by atoms with Crippen LogP contribution in [0.25, 0.3) is 111 Å². The highest BCUT2D eigenvalue weighted by atomic mass is 32.2. The maximum Gasteiger partial charge on any atom is 0.165 e. The number of rotatable bonds is 5. The van der Waals surface area contributed by atoms with Crippen molar-refractivity contribution in [1.29, 1.82) is 0 Å². The van der Waals surface area contributed by atoms with Crippen molar-refractivity contribution in [3.05, 3.63) is 188 Å². The number of furan rings is 1. The zero-order valence-corrected chi connectivity index (χ0v) is 32.8. The summed E-state index contributed by atoms with van der Waals surface area (Å²) < 4.78 is 11.0. The van der Waals surface area contributed by atoms with Crippen molar-refractivity contribution in [1.82, 2.24) is 24.1 Å². The summed E-state index contributed by atoms with van der Waals surface area (Å²) in [5.41, 5.74) is 12.6. The maximum atomic E-state index is 6.11. The van der Waals surface area contributed by atoms with Gasteiger partial charge in [0.05, 0.1) is 16.7 Å². The Morgan fingerprint density at radius 2 is 1.07 bits per heavy atom. The summed E-state index contributed by atoms with van der Waals surface area (Å²) in [5, 5.41) is 5.95. The van der Waals surface area contributed by atoms with E-state index < -0.39 is 0 Å². The second-order valence-corrected chi connectivity index (χ2v) is 16.2. The fourth-order valence-corrected chi connectivity index (χ4v) is 10.3. The second-order valence-electron chi connectivity index (χ2n) is 15.2. The molecule has 13 rings (SSSR count). The molecule has 1 aliphatic heterocycles. The molecule has 0 atom stereocenters. The van der Waals surface area contributed by atoms with Crippen LogP contribution in [0, 0.1) is 0 Å². The lowest BCUT2D eigenvalue weighted by Gasteiger charge is -2.23. The zero-order chi connectivity index (χ0) is 39.3. The lowest BCUT2D eigenvalue weighted by molar-refractivity contribution is 0.669. The van der Waals surface area contributed by atoms with Crippen molar-refractivity contribution in [3.8, 4) is 56.7 Å². The first-order valence-electron chi connectivity index (χ1n) is 20.0. The first-order chi connectivity index (χ1) is 29.7. The molecular weight excluding hydrogens is 755 g/mol. The molecule has 5 heterocycles. The molecule has 0 bridgehead atoms. The molecular formula is C53H31N5OS. The molecule has 6 nitrogen and oxygen atoms in total. The normalized spacial score (nSPS) is 12.3. The van der Waals surface area contributed by atoms with Gasteiger partial charge in [-0.15, -0.1) is 0 Å². The highest BCUT2D eigenvalue weighted by molar-refractivity contribution is 8.00. The minimum Gasteiger partial charge on any atom is -0.456 e. The van der Waals surface area contributed by atoms with Crippen molar-refractivity contribution in [2.24, 2.45) is 0 Å². The number of nitrogens with zero attached hydrogens (tertiary/aromatic N) is 5. The van der Waals surface area contributed by atoms with Gasteiger partial charge >= 0.3 is 0 Å². The molecule has 4 aromatic heterocycles. The lowest BCUT2D eigenvalue weighted by Crippen LogP contribution is -2.07. The first-order valence-corrected chi connectivity index (χ1v) is 20.8. The predicted octanol–water partition coefficient (Wildman–Crippen LogP) is 13.9. The molecule has 0 N–H and O–H groups in total. The predicted molar refractivity (Wildman–Crippen MR) is 244 cm³/mol. The average molecular weight is 786 g/mol. The van der Waals surface area contributed by atoms with E-state index in [-0.39, 0.29) is 0 Å². The molecule has 60 heavy (non-hydrogen) atoms. The first kappa shape index (κ1) is 33.3. The van der Waals surface area contributed by atoms with Crippen LogP contribution in [0.2, 0.25) is 0 Å². The van der Waals surface area contributed by atoms with Crippen molar-refractivity contribution in [3.63, 3.8) is 0 Å². The van der Waals surface area contributed by atoms with E-state index in [1.165, 1.54) is 32.1 Å². The molecule has 0 saturated heterocycles. The molecule has 0 unspecified atom stereocenters. The Morgan fingerprint density at radius 1 is 0.433 bits per heavy atom. The van der Waals surface area contributed by atoms with E-state index in [2.05, 4.69) is 167 Å². The Hall–Kier alpha value is -7.74. The van der Waals surface area contributed by atoms with Gasteiger partial charge in [0.15, 0.2) is 17.5 Å². The smallest absolute Gasteiger partial charge is 0.165 e. The fourth-order valence-electron chi connectivity index (χ4n) is 9.07. The number of hydrogen-bond donors (Lipinski definition) is 0. The molecule has 8 aromatic carbocycles. The molecule has 1 aliphatic rings. The third kappa shape index (κ3) is 4.93. The SMILES string of the molecule is c1ccc(-c2nc(-c3ccc(-c4ccc5oc6ccccc6c5c4)cc3)nc(-c3cccc4c3Sc3cccc5c6c7ccccc7n(-c7ccccc7)c6n-4c35)n2)cc1. The fraction of sp³-hybridized carbons (Fsp3) is 0. The molecule has 0 saturated carbocycles. The van der Waals surface area contributed by atoms with Crippen LogP contribution >= 0.6 is 11.8 Å². The van der Waals surface area contributed by atoms with Crippen LogP contribution in [-0.4, -0.2) is 24.1 Å². The minimum atomic E-state index is 0.621. The van der Waals surface area contributed by atoms with Gasteiger partial charge < -0.3 is 4.42 Å². The zero-order valence-electron chi connectivity index (χ0n) is 32.0. The summed E-state index contributed by atoms with van der Waals surface area (Å²) in [6.07, 6.45) is 0. The van der Waals surface area contributed by atoms with Crippen LogP contribution in [0.4, 0.5) is 0 Å². The third-order valence-corrected chi connectivity index (χ3v) is 13.0. The number of aromatic nitrogens is 5. The molecule has 0 radical (unpaired) electrons. The Morgan fingerprint density at radius 3 is 1.90 bits per heavy atom. The van der Waals surface area contributed by atoms with Gasteiger partial charge in [0, 0.05) is 59.1 Å².